The van der Waals surface area contributed by atoms with E-state index >= 15 is 0 Å². The van der Waals surface area contributed by atoms with Crippen molar-refractivity contribution in [3.05, 3.63) is 63.9 Å². The number of ketones is 1. The van der Waals surface area contributed by atoms with Crippen molar-refractivity contribution in [3.8, 4) is 5.75 Å². The predicted octanol–water partition coefficient (Wildman–Crippen LogP) is 4.33. The second kappa shape index (κ2) is 8.12. The molecular weight excluding hydrogens is 343 g/mol. The number of hydrogen-bond acceptors (Lipinski definition) is 3. The number of carbonyl (C=O) groups is 1. The molecule has 2 rings (SSSR count). The molecule has 0 bridgehead atoms. The van der Waals surface area contributed by atoms with Gasteiger partial charge in [0, 0.05) is 24.7 Å². The summed E-state index contributed by atoms with van der Waals surface area (Å²) in [6.45, 7) is 4.10. The maximum Gasteiger partial charge on any atom is 0.200 e. The molecule has 2 aromatic rings. The van der Waals surface area contributed by atoms with Crippen molar-refractivity contribution in [3.63, 3.8) is 0 Å². The fourth-order valence-electron chi connectivity index (χ4n) is 2.31. The molecule has 0 aliphatic carbocycles. The van der Waals surface area contributed by atoms with E-state index in [1.807, 2.05) is 6.92 Å². The lowest BCUT2D eigenvalue weighted by Gasteiger charge is -2.19. The van der Waals surface area contributed by atoms with Crippen LogP contribution in [0.5, 0.6) is 5.75 Å². The van der Waals surface area contributed by atoms with Gasteiger partial charge < -0.3 is 9.64 Å². The Kier molecular flexibility index (Phi) is 6.15. The largest absolute Gasteiger partial charge is 0.482 e. The minimum atomic E-state index is -0.517. The van der Waals surface area contributed by atoms with Gasteiger partial charge in [-0.15, -0.1) is 0 Å². The Hall–Kier alpha value is -2.40. The molecule has 132 valence electrons. The van der Waals surface area contributed by atoms with E-state index in [4.69, 9.17) is 21.7 Å². The number of carbonyl (C=O) groups excluding carboxylic acids is 1. The summed E-state index contributed by atoms with van der Waals surface area (Å²) in [4.78, 5) is 14.2. The van der Waals surface area contributed by atoms with Crippen LogP contribution < -0.4 is 4.74 Å². The molecule has 1 N–H and O–H groups in total. The molecular formula is C19H20ClFN2O2. The van der Waals surface area contributed by atoms with E-state index in [0.29, 0.717) is 28.3 Å². The molecule has 2 aromatic carbocycles. The summed E-state index contributed by atoms with van der Waals surface area (Å²) >= 11 is 6.26. The van der Waals surface area contributed by atoms with Crippen LogP contribution in [0.1, 0.15) is 28.4 Å². The number of benzene rings is 2. The van der Waals surface area contributed by atoms with Crippen LogP contribution in [0.3, 0.4) is 0 Å². The molecule has 0 spiro atoms. The molecule has 0 aromatic heterocycles. The smallest absolute Gasteiger partial charge is 0.200 e. The molecule has 0 saturated heterocycles. The van der Waals surface area contributed by atoms with E-state index < -0.39 is 5.82 Å². The van der Waals surface area contributed by atoms with Gasteiger partial charge in [-0.05, 0) is 43.7 Å². The number of ether oxygens (including phenoxy) is 1. The van der Waals surface area contributed by atoms with Gasteiger partial charge in [0.2, 0.25) is 5.78 Å². The number of aryl methyl sites for hydroxylation is 1. The lowest BCUT2D eigenvalue weighted by Crippen LogP contribution is -2.27. The average Bonchev–Trinajstić information content (AvgIpc) is 2.61. The number of hydrogen-bond donors (Lipinski definition) is 1. The SMILES string of the molecule is CCN(C)C(=N)c1cc(C)c(C(=O)COc2ccccc2F)cc1Cl. The van der Waals surface area contributed by atoms with Crippen molar-refractivity contribution in [2.24, 2.45) is 0 Å². The molecule has 6 heteroatoms. The van der Waals surface area contributed by atoms with Crippen LogP contribution in [-0.4, -0.2) is 36.7 Å². The zero-order valence-corrected chi connectivity index (χ0v) is 15.2. The van der Waals surface area contributed by atoms with Crippen LogP contribution in [0.4, 0.5) is 4.39 Å². The van der Waals surface area contributed by atoms with E-state index in [-0.39, 0.29) is 24.0 Å². The predicted molar refractivity (Wildman–Crippen MR) is 97.5 cm³/mol. The van der Waals surface area contributed by atoms with Crippen molar-refractivity contribution >= 4 is 23.2 Å². The Balaban J connectivity index is 2.19. The summed E-state index contributed by atoms with van der Waals surface area (Å²) in [5.74, 6) is -0.499. The van der Waals surface area contributed by atoms with E-state index in [1.54, 1.807) is 37.1 Å². The third-order valence-corrected chi connectivity index (χ3v) is 4.23. The number of nitrogens with zero attached hydrogens (tertiary/aromatic N) is 1. The number of Topliss-reactive ketones (excluding diaryl/α,β-unsaturated/α-hetero) is 1. The van der Waals surface area contributed by atoms with Crippen LogP contribution in [0, 0.1) is 18.2 Å². The second-order valence-electron chi connectivity index (χ2n) is 5.65. The first-order chi connectivity index (χ1) is 11.8. The molecule has 0 aliphatic heterocycles. The van der Waals surface area contributed by atoms with Crippen LogP contribution in [0.25, 0.3) is 0 Å². The van der Waals surface area contributed by atoms with Crippen molar-refractivity contribution in [1.82, 2.24) is 4.90 Å². The summed E-state index contributed by atoms with van der Waals surface area (Å²) in [5.41, 5.74) is 1.66. The minimum absolute atomic E-state index is 0.0302. The Labute approximate surface area is 151 Å². The number of nitrogens with one attached hydrogen (secondary N) is 1. The van der Waals surface area contributed by atoms with Crippen LogP contribution in [-0.2, 0) is 0 Å². The van der Waals surface area contributed by atoms with Gasteiger partial charge in [-0.2, -0.15) is 0 Å². The summed E-state index contributed by atoms with van der Waals surface area (Å²) in [6.07, 6.45) is 0. The molecule has 0 heterocycles. The standard InChI is InChI=1S/C19H20ClFN2O2/c1-4-23(3)19(22)14-9-12(2)13(10-15(14)20)17(24)11-25-18-8-6-5-7-16(18)21/h5-10,22H,4,11H2,1-3H3. The molecule has 0 amide bonds. The van der Waals surface area contributed by atoms with Gasteiger partial charge in [0.05, 0.1) is 5.02 Å². The van der Waals surface area contributed by atoms with E-state index in [1.165, 1.54) is 18.2 Å². The molecule has 0 fully saturated rings. The first-order valence-electron chi connectivity index (χ1n) is 7.85. The average molecular weight is 363 g/mol. The van der Waals surface area contributed by atoms with Crippen molar-refractivity contribution in [2.45, 2.75) is 13.8 Å². The van der Waals surface area contributed by atoms with Crippen molar-refractivity contribution < 1.29 is 13.9 Å². The number of amidine groups is 1. The molecule has 0 radical (unpaired) electrons. The monoisotopic (exact) mass is 362 g/mol. The van der Waals surface area contributed by atoms with E-state index in [2.05, 4.69) is 0 Å². The topological polar surface area (TPSA) is 53.4 Å². The summed E-state index contributed by atoms with van der Waals surface area (Å²) < 4.78 is 18.8. The van der Waals surface area contributed by atoms with Crippen molar-refractivity contribution in [1.29, 1.82) is 5.41 Å². The minimum Gasteiger partial charge on any atom is -0.482 e. The van der Waals surface area contributed by atoms with Crippen LogP contribution >= 0.6 is 11.6 Å². The molecule has 25 heavy (non-hydrogen) atoms. The number of rotatable bonds is 6. The highest BCUT2D eigenvalue weighted by Gasteiger charge is 2.17. The normalized spacial score (nSPS) is 10.4. The molecule has 0 unspecified atom stereocenters. The molecule has 4 nitrogen and oxygen atoms in total. The van der Waals surface area contributed by atoms with Crippen molar-refractivity contribution in [2.75, 3.05) is 20.2 Å². The van der Waals surface area contributed by atoms with Gasteiger partial charge in [0.1, 0.15) is 5.84 Å². The van der Waals surface area contributed by atoms with Gasteiger partial charge in [-0.25, -0.2) is 4.39 Å². The number of halogens is 2. The Morgan fingerprint density at radius 1 is 1.28 bits per heavy atom. The first kappa shape index (κ1) is 18.9. The number of para-hydroxylation sites is 1. The lowest BCUT2D eigenvalue weighted by atomic mass is 10.0. The lowest BCUT2D eigenvalue weighted by molar-refractivity contribution is 0.0918. The van der Waals surface area contributed by atoms with Crippen LogP contribution in [0.2, 0.25) is 5.02 Å². The van der Waals surface area contributed by atoms with Gasteiger partial charge >= 0.3 is 0 Å². The van der Waals surface area contributed by atoms with Gasteiger partial charge in [-0.3, -0.25) is 10.2 Å². The maximum atomic E-state index is 13.6. The fraction of sp³-hybridized carbons (Fsp3) is 0.263. The third-order valence-electron chi connectivity index (χ3n) is 3.92. The highest BCUT2D eigenvalue weighted by molar-refractivity contribution is 6.34. The van der Waals surface area contributed by atoms with E-state index in [0.717, 1.165) is 0 Å². The summed E-state index contributed by atoms with van der Waals surface area (Å²) in [5, 5.41) is 8.48. The Morgan fingerprint density at radius 3 is 2.60 bits per heavy atom. The highest BCUT2D eigenvalue weighted by Crippen LogP contribution is 2.24. The Bertz CT molecular complexity index is 808. The van der Waals surface area contributed by atoms with Gasteiger partial charge in [0.15, 0.2) is 18.2 Å². The second-order valence-corrected chi connectivity index (χ2v) is 6.06. The zero-order valence-electron chi connectivity index (χ0n) is 14.4. The van der Waals surface area contributed by atoms with E-state index in [9.17, 15) is 9.18 Å². The highest BCUT2D eigenvalue weighted by atomic mass is 35.5. The summed E-state index contributed by atoms with van der Waals surface area (Å²) in [7, 11) is 1.80. The van der Waals surface area contributed by atoms with Gasteiger partial charge in [0.25, 0.3) is 0 Å². The maximum absolute atomic E-state index is 13.6. The molecule has 0 atom stereocenters. The zero-order chi connectivity index (χ0) is 18.6. The van der Waals surface area contributed by atoms with Crippen LogP contribution in [0.15, 0.2) is 36.4 Å². The summed E-state index contributed by atoms with van der Waals surface area (Å²) in [6, 6.07) is 9.18. The molecule has 0 saturated carbocycles. The first-order valence-corrected chi connectivity index (χ1v) is 8.23. The quantitative estimate of drug-likeness (QED) is 0.473. The van der Waals surface area contributed by atoms with Gasteiger partial charge in [-0.1, -0.05) is 23.7 Å². The third kappa shape index (κ3) is 4.37. The molecule has 0 aliphatic rings. The Morgan fingerprint density at radius 2 is 1.96 bits per heavy atom. The fourth-order valence-corrected chi connectivity index (χ4v) is 2.56.